The van der Waals surface area contributed by atoms with E-state index in [0.29, 0.717) is 26.2 Å². The Hall–Kier alpha value is -3.09. The van der Waals surface area contributed by atoms with Gasteiger partial charge in [0.15, 0.2) is 0 Å². The Morgan fingerprint density at radius 3 is 2.93 bits per heavy atom. The van der Waals surface area contributed by atoms with Crippen molar-refractivity contribution in [3.05, 3.63) is 53.9 Å². The first-order chi connectivity index (χ1) is 14.0. The van der Waals surface area contributed by atoms with E-state index in [1.807, 2.05) is 42.2 Å². The van der Waals surface area contributed by atoms with Crippen LogP contribution < -0.4 is 9.47 Å². The number of carbonyl (C=O) groups is 2. The lowest BCUT2D eigenvalue weighted by molar-refractivity contribution is -0.137. The Kier molecular flexibility index (Phi) is 5.38. The fraction of sp³-hybridized carbons (Fsp3) is 0.409. The normalized spacial score (nSPS) is 21.4. The molecule has 2 atom stereocenters. The molecule has 0 N–H and O–H groups in total. The van der Waals surface area contributed by atoms with Crippen LogP contribution in [0.3, 0.4) is 0 Å². The van der Waals surface area contributed by atoms with Crippen molar-refractivity contribution in [3.63, 3.8) is 0 Å². The molecule has 1 aromatic heterocycles. The smallest absolute Gasteiger partial charge is 0.228 e. The maximum atomic E-state index is 13.2. The number of nitrogens with zero attached hydrogens (tertiary/aromatic N) is 3. The lowest BCUT2D eigenvalue weighted by atomic mass is 10.1. The van der Waals surface area contributed by atoms with E-state index in [1.54, 1.807) is 24.4 Å². The predicted molar refractivity (Wildman–Crippen MR) is 106 cm³/mol. The second-order valence-corrected chi connectivity index (χ2v) is 7.66. The van der Waals surface area contributed by atoms with Gasteiger partial charge in [0.25, 0.3) is 0 Å². The van der Waals surface area contributed by atoms with Crippen molar-refractivity contribution in [3.8, 4) is 11.5 Å². The molecule has 7 heteroatoms. The zero-order valence-corrected chi connectivity index (χ0v) is 16.7. The molecule has 1 aromatic carbocycles. The monoisotopic (exact) mass is 395 g/mol. The number of ether oxygens (including phenoxy) is 2. The number of aromatic nitrogens is 1. The van der Waals surface area contributed by atoms with Crippen LogP contribution in [0.5, 0.6) is 11.5 Å². The number of hydrogen-bond donors (Lipinski definition) is 0. The summed E-state index contributed by atoms with van der Waals surface area (Å²) in [6, 6.07) is 9.45. The van der Waals surface area contributed by atoms with Gasteiger partial charge >= 0.3 is 0 Å². The minimum absolute atomic E-state index is 0.00570. The fourth-order valence-corrected chi connectivity index (χ4v) is 3.97. The second kappa shape index (κ2) is 8.11. The van der Waals surface area contributed by atoms with Crippen LogP contribution in [0, 0.1) is 5.92 Å². The molecule has 0 saturated carbocycles. The third-order valence-electron chi connectivity index (χ3n) is 5.41. The second-order valence-electron chi connectivity index (χ2n) is 7.66. The fourth-order valence-electron chi connectivity index (χ4n) is 3.97. The molecular formula is C22H25N3O4. The van der Waals surface area contributed by atoms with Crippen LogP contribution in [0.2, 0.25) is 0 Å². The van der Waals surface area contributed by atoms with E-state index in [2.05, 4.69) is 4.98 Å². The Morgan fingerprint density at radius 1 is 1.31 bits per heavy atom. The number of fused-ring (bicyclic) bond motifs is 1. The lowest BCUT2D eigenvalue weighted by Gasteiger charge is -2.25. The van der Waals surface area contributed by atoms with E-state index in [0.717, 1.165) is 22.6 Å². The molecule has 2 aromatic rings. The van der Waals surface area contributed by atoms with Gasteiger partial charge in [-0.2, -0.15) is 0 Å². The molecule has 2 unspecified atom stereocenters. The Labute approximate surface area is 170 Å². The summed E-state index contributed by atoms with van der Waals surface area (Å²) in [5, 5.41) is 0. The van der Waals surface area contributed by atoms with Crippen LogP contribution in [0.15, 0.2) is 42.7 Å². The Balaban J connectivity index is 1.46. The highest BCUT2D eigenvalue weighted by Gasteiger charge is 2.37. The maximum Gasteiger partial charge on any atom is 0.228 e. The quantitative estimate of drug-likeness (QED) is 0.794. The summed E-state index contributed by atoms with van der Waals surface area (Å²) in [7, 11) is 1.62. The summed E-state index contributed by atoms with van der Waals surface area (Å²) in [5.74, 6) is 1.16. The molecule has 3 heterocycles. The molecular weight excluding hydrogens is 370 g/mol. The molecule has 1 fully saturated rings. The minimum Gasteiger partial charge on any atom is -0.497 e. The van der Waals surface area contributed by atoms with Crippen LogP contribution in [-0.4, -0.2) is 52.9 Å². The van der Waals surface area contributed by atoms with E-state index in [9.17, 15) is 9.59 Å². The van der Waals surface area contributed by atoms with Gasteiger partial charge in [-0.05, 0) is 30.7 Å². The summed E-state index contributed by atoms with van der Waals surface area (Å²) >= 11 is 0. The van der Waals surface area contributed by atoms with E-state index in [1.165, 1.54) is 0 Å². The molecule has 2 aliphatic heterocycles. The van der Waals surface area contributed by atoms with Crippen LogP contribution in [-0.2, 0) is 22.7 Å². The van der Waals surface area contributed by atoms with E-state index in [4.69, 9.17) is 9.47 Å². The highest BCUT2D eigenvalue weighted by Crippen LogP contribution is 2.31. The van der Waals surface area contributed by atoms with Crippen molar-refractivity contribution < 1.29 is 19.1 Å². The maximum absolute atomic E-state index is 13.2. The zero-order valence-electron chi connectivity index (χ0n) is 16.7. The molecule has 152 valence electrons. The van der Waals surface area contributed by atoms with Gasteiger partial charge < -0.3 is 19.3 Å². The van der Waals surface area contributed by atoms with E-state index < -0.39 is 0 Å². The average Bonchev–Trinajstić information content (AvgIpc) is 2.99. The first-order valence-corrected chi connectivity index (χ1v) is 9.82. The molecule has 29 heavy (non-hydrogen) atoms. The SMILES string of the molecule is COc1ccc2c(c1)OC(C)CN(C(=O)C1CC(=O)N(Cc3cccnc3)C1)C2. The van der Waals surface area contributed by atoms with Crippen LogP contribution in [0.4, 0.5) is 0 Å². The molecule has 1 saturated heterocycles. The van der Waals surface area contributed by atoms with Crippen molar-refractivity contribution in [2.24, 2.45) is 5.92 Å². The van der Waals surface area contributed by atoms with Crippen molar-refractivity contribution in [2.75, 3.05) is 20.2 Å². The molecule has 0 spiro atoms. The number of hydrogen-bond acceptors (Lipinski definition) is 5. The number of carbonyl (C=O) groups excluding carboxylic acids is 2. The van der Waals surface area contributed by atoms with Crippen LogP contribution in [0.25, 0.3) is 0 Å². The van der Waals surface area contributed by atoms with Gasteiger partial charge in [0.2, 0.25) is 11.8 Å². The third kappa shape index (κ3) is 4.18. The van der Waals surface area contributed by atoms with E-state index in [-0.39, 0.29) is 30.3 Å². The summed E-state index contributed by atoms with van der Waals surface area (Å²) in [6.07, 6.45) is 3.57. The Morgan fingerprint density at radius 2 is 2.17 bits per heavy atom. The molecule has 0 bridgehead atoms. The highest BCUT2D eigenvalue weighted by molar-refractivity contribution is 5.89. The standard InChI is InChI=1S/C22H25N3O4/c1-15-11-25(13-17-5-6-19(28-2)9-20(17)29-15)22(27)18-8-21(26)24(14-18)12-16-4-3-7-23-10-16/h3-7,9-10,15,18H,8,11-14H2,1-2H3. The average molecular weight is 395 g/mol. The topological polar surface area (TPSA) is 72.0 Å². The molecule has 2 aliphatic rings. The number of pyridine rings is 1. The first kappa shape index (κ1) is 19.2. The van der Waals surface area contributed by atoms with E-state index >= 15 is 0 Å². The number of likely N-dealkylation sites (tertiary alicyclic amines) is 1. The van der Waals surface area contributed by atoms with Crippen LogP contribution in [0.1, 0.15) is 24.5 Å². The van der Waals surface area contributed by atoms with Crippen molar-refractivity contribution in [2.45, 2.75) is 32.5 Å². The number of benzene rings is 1. The van der Waals surface area contributed by atoms with Gasteiger partial charge in [0.05, 0.1) is 19.6 Å². The Bertz CT molecular complexity index is 902. The molecule has 4 rings (SSSR count). The largest absolute Gasteiger partial charge is 0.497 e. The van der Waals surface area contributed by atoms with Gasteiger partial charge in [-0.15, -0.1) is 0 Å². The summed E-state index contributed by atoms with van der Waals surface area (Å²) in [4.78, 5) is 33.4. The molecule has 0 radical (unpaired) electrons. The summed E-state index contributed by atoms with van der Waals surface area (Å²) in [5.41, 5.74) is 1.91. The third-order valence-corrected chi connectivity index (χ3v) is 5.41. The lowest BCUT2D eigenvalue weighted by Crippen LogP contribution is -2.40. The number of amides is 2. The minimum atomic E-state index is -0.328. The van der Waals surface area contributed by atoms with Crippen LogP contribution >= 0.6 is 0 Å². The summed E-state index contributed by atoms with van der Waals surface area (Å²) < 4.78 is 11.3. The molecule has 2 amide bonds. The first-order valence-electron chi connectivity index (χ1n) is 9.82. The number of rotatable bonds is 4. The van der Waals surface area contributed by atoms with Crippen molar-refractivity contribution in [1.29, 1.82) is 0 Å². The highest BCUT2D eigenvalue weighted by atomic mass is 16.5. The van der Waals surface area contributed by atoms with Gasteiger partial charge in [0.1, 0.15) is 17.6 Å². The molecule has 0 aliphatic carbocycles. The van der Waals surface area contributed by atoms with Gasteiger partial charge in [-0.25, -0.2) is 0 Å². The molecule has 7 nitrogen and oxygen atoms in total. The predicted octanol–water partition coefficient (Wildman–Crippen LogP) is 2.25. The van der Waals surface area contributed by atoms with Gasteiger partial charge in [0, 0.05) is 50.1 Å². The van der Waals surface area contributed by atoms with Crippen molar-refractivity contribution in [1.82, 2.24) is 14.8 Å². The van der Waals surface area contributed by atoms with Crippen molar-refractivity contribution >= 4 is 11.8 Å². The van der Waals surface area contributed by atoms with Gasteiger partial charge in [-0.1, -0.05) is 6.07 Å². The summed E-state index contributed by atoms with van der Waals surface area (Å²) in [6.45, 7) is 3.83. The number of methoxy groups -OCH3 is 1. The zero-order chi connectivity index (χ0) is 20.4. The van der Waals surface area contributed by atoms with Gasteiger partial charge in [-0.3, -0.25) is 14.6 Å².